The Bertz CT molecular complexity index is 762. The van der Waals surface area contributed by atoms with Crippen molar-refractivity contribution in [1.82, 2.24) is 9.88 Å². The summed E-state index contributed by atoms with van der Waals surface area (Å²) in [4.78, 5) is 18.1. The van der Waals surface area contributed by atoms with Crippen LogP contribution in [0.3, 0.4) is 0 Å². The molecule has 3 rings (SSSR count). The molecule has 1 amide bonds. The Kier molecular flexibility index (Phi) is 5.01. The van der Waals surface area contributed by atoms with E-state index in [-0.39, 0.29) is 12.7 Å². The predicted octanol–water partition coefficient (Wildman–Crippen LogP) is 3.18. The maximum absolute atomic E-state index is 12.2. The van der Waals surface area contributed by atoms with Gasteiger partial charge in [0.2, 0.25) is 12.7 Å². The van der Waals surface area contributed by atoms with Crippen LogP contribution in [0.2, 0.25) is 5.02 Å². The number of amides is 1. The van der Waals surface area contributed by atoms with Gasteiger partial charge in [0.1, 0.15) is 0 Å². The van der Waals surface area contributed by atoms with Crippen molar-refractivity contribution in [2.45, 2.75) is 6.42 Å². The quantitative estimate of drug-likeness (QED) is 0.782. The molecular weight excluding hydrogens is 328 g/mol. The van der Waals surface area contributed by atoms with Crippen LogP contribution in [0.15, 0.2) is 42.6 Å². The van der Waals surface area contributed by atoms with Crippen molar-refractivity contribution in [3.63, 3.8) is 0 Å². The standard InChI is InChI=1S/C18H17ClN2O3/c1-21(9-7-14-4-2-3-8-20-14)17(22)6-5-13-10-15(19)18-16(11-13)23-12-24-18/h2-6,8,10-11H,7,9,12H2,1H3/b6-5+. The van der Waals surface area contributed by atoms with Crippen LogP contribution in [0.25, 0.3) is 6.08 Å². The number of nitrogens with zero attached hydrogens (tertiary/aromatic N) is 2. The molecule has 1 aliphatic heterocycles. The van der Waals surface area contributed by atoms with Crippen molar-refractivity contribution in [3.8, 4) is 11.5 Å². The summed E-state index contributed by atoms with van der Waals surface area (Å²) in [7, 11) is 1.77. The molecule has 0 aliphatic carbocycles. The monoisotopic (exact) mass is 344 g/mol. The van der Waals surface area contributed by atoms with E-state index in [1.54, 1.807) is 36.4 Å². The van der Waals surface area contributed by atoms with Gasteiger partial charge in [-0.05, 0) is 35.9 Å². The van der Waals surface area contributed by atoms with Crippen molar-refractivity contribution < 1.29 is 14.3 Å². The summed E-state index contributed by atoms with van der Waals surface area (Å²) in [6.45, 7) is 0.763. The van der Waals surface area contributed by atoms with E-state index in [1.807, 2.05) is 18.2 Å². The first-order chi connectivity index (χ1) is 11.6. The Balaban J connectivity index is 1.59. The van der Waals surface area contributed by atoms with Gasteiger partial charge in [0.05, 0.1) is 5.02 Å². The Labute approximate surface area is 145 Å². The molecule has 0 atom stereocenters. The first kappa shape index (κ1) is 16.3. The molecule has 6 heteroatoms. The highest BCUT2D eigenvalue weighted by molar-refractivity contribution is 6.32. The summed E-state index contributed by atoms with van der Waals surface area (Å²) in [5, 5.41) is 0.473. The first-order valence-corrected chi connectivity index (χ1v) is 7.93. The minimum atomic E-state index is -0.0836. The van der Waals surface area contributed by atoms with E-state index in [0.29, 0.717) is 29.5 Å². The number of hydrogen-bond acceptors (Lipinski definition) is 4. The van der Waals surface area contributed by atoms with Crippen LogP contribution < -0.4 is 9.47 Å². The molecule has 24 heavy (non-hydrogen) atoms. The molecule has 2 aromatic rings. The van der Waals surface area contributed by atoms with Crippen molar-refractivity contribution in [2.24, 2.45) is 0 Å². The van der Waals surface area contributed by atoms with Gasteiger partial charge in [-0.15, -0.1) is 0 Å². The average Bonchev–Trinajstić information content (AvgIpc) is 3.07. The molecule has 0 saturated carbocycles. The molecule has 0 N–H and O–H groups in total. The van der Waals surface area contributed by atoms with Gasteiger partial charge in [0, 0.05) is 38.0 Å². The van der Waals surface area contributed by atoms with E-state index in [2.05, 4.69) is 4.98 Å². The van der Waals surface area contributed by atoms with Gasteiger partial charge < -0.3 is 14.4 Å². The number of rotatable bonds is 5. The third-order valence-electron chi connectivity index (χ3n) is 3.67. The molecule has 0 bridgehead atoms. The molecular formula is C18H17ClN2O3. The maximum atomic E-state index is 12.2. The second-order valence-electron chi connectivity index (χ2n) is 5.40. The van der Waals surface area contributed by atoms with E-state index in [0.717, 1.165) is 11.3 Å². The second-order valence-corrected chi connectivity index (χ2v) is 5.81. The van der Waals surface area contributed by atoms with E-state index in [1.165, 1.54) is 6.08 Å². The van der Waals surface area contributed by atoms with Gasteiger partial charge in [0.15, 0.2) is 11.5 Å². The number of aromatic nitrogens is 1. The Morgan fingerprint density at radius 2 is 2.25 bits per heavy atom. The third-order valence-corrected chi connectivity index (χ3v) is 3.95. The molecule has 0 spiro atoms. The number of ether oxygens (including phenoxy) is 2. The summed E-state index contributed by atoms with van der Waals surface area (Å²) in [6.07, 6.45) is 5.70. The van der Waals surface area contributed by atoms with E-state index in [4.69, 9.17) is 21.1 Å². The molecule has 0 unspecified atom stereocenters. The van der Waals surface area contributed by atoms with Crippen LogP contribution in [0.1, 0.15) is 11.3 Å². The van der Waals surface area contributed by atoms with Crippen LogP contribution in [0.4, 0.5) is 0 Å². The van der Waals surface area contributed by atoms with Gasteiger partial charge in [-0.3, -0.25) is 9.78 Å². The molecule has 1 aromatic heterocycles. The molecule has 0 fully saturated rings. The van der Waals surface area contributed by atoms with Gasteiger partial charge in [-0.2, -0.15) is 0 Å². The minimum absolute atomic E-state index is 0.0836. The third kappa shape index (κ3) is 3.86. The average molecular weight is 345 g/mol. The minimum Gasteiger partial charge on any atom is -0.454 e. The first-order valence-electron chi connectivity index (χ1n) is 7.56. The van der Waals surface area contributed by atoms with E-state index < -0.39 is 0 Å². The highest BCUT2D eigenvalue weighted by atomic mass is 35.5. The van der Waals surface area contributed by atoms with Crippen LogP contribution in [0, 0.1) is 0 Å². The fourth-order valence-corrected chi connectivity index (χ4v) is 2.59. The van der Waals surface area contributed by atoms with Gasteiger partial charge in [-0.1, -0.05) is 17.7 Å². The topological polar surface area (TPSA) is 51.7 Å². The number of pyridine rings is 1. The van der Waals surface area contributed by atoms with Gasteiger partial charge >= 0.3 is 0 Å². The number of carbonyl (C=O) groups is 1. The number of halogens is 1. The molecule has 1 aromatic carbocycles. The number of hydrogen-bond donors (Lipinski definition) is 0. The van der Waals surface area contributed by atoms with E-state index >= 15 is 0 Å². The molecule has 124 valence electrons. The normalized spacial score (nSPS) is 12.6. The highest BCUT2D eigenvalue weighted by Gasteiger charge is 2.17. The lowest BCUT2D eigenvalue weighted by Crippen LogP contribution is -2.27. The molecule has 2 heterocycles. The number of fused-ring (bicyclic) bond motifs is 1. The van der Waals surface area contributed by atoms with Crippen LogP contribution in [0.5, 0.6) is 11.5 Å². The SMILES string of the molecule is CN(CCc1ccccn1)C(=O)/C=C/c1cc(Cl)c2c(c1)OCO2. The summed E-state index contributed by atoms with van der Waals surface area (Å²) >= 11 is 6.13. The fourth-order valence-electron chi connectivity index (χ4n) is 2.32. The largest absolute Gasteiger partial charge is 0.454 e. The second kappa shape index (κ2) is 7.36. The van der Waals surface area contributed by atoms with E-state index in [9.17, 15) is 4.79 Å². The molecule has 0 radical (unpaired) electrons. The highest BCUT2D eigenvalue weighted by Crippen LogP contribution is 2.40. The summed E-state index contributed by atoms with van der Waals surface area (Å²) in [6, 6.07) is 9.30. The summed E-state index contributed by atoms with van der Waals surface area (Å²) in [5.74, 6) is 1.06. The van der Waals surface area contributed by atoms with Gasteiger partial charge in [-0.25, -0.2) is 0 Å². The fraction of sp³-hybridized carbons (Fsp3) is 0.222. The van der Waals surface area contributed by atoms with Crippen molar-refractivity contribution in [2.75, 3.05) is 20.4 Å². The maximum Gasteiger partial charge on any atom is 0.246 e. The zero-order valence-corrected chi connectivity index (χ0v) is 14.0. The number of likely N-dealkylation sites (N-methyl/N-ethyl adjacent to an activating group) is 1. The van der Waals surface area contributed by atoms with Gasteiger partial charge in [0.25, 0.3) is 0 Å². The molecule has 5 nitrogen and oxygen atoms in total. The van der Waals surface area contributed by atoms with Crippen LogP contribution >= 0.6 is 11.6 Å². The predicted molar refractivity (Wildman–Crippen MR) is 92.2 cm³/mol. The lowest BCUT2D eigenvalue weighted by atomic mass is 10.2. The summed E-state index contributed by atoms with van der Waals surface area (Å²) < 4.78 is 10.6. The lowest BCUT2D eigenvalue weighted by Gasteiger charge is -2.14. The van der Waals surface area contributed by atoms with Crippen molar-refractivity contribution >= 4 is 23.6 Å². The van der Waals surface area contributed by atoms with Crippen molar-refractivity contribution in [3.05, 3.63) is 58.9 Å². The zero-order valence-electron chi connectivity index (χ0n) is 13.2. The summed E-state index contributed by atoms with van der Waals surface area (Å²) in [5.41, 5.74) is 1.75. The smallest absolute Gasteiger partial charge is 0.246 e. The molecule has 0 saturated heterocycles. The van der Waals surface area contributed by atoms with Crippen LogP contribution in [-0.2, 0) is 11.2 Å². The zero-order chi connectivity index (χ0) is 16.9. The number of benzene rings is 1. The van der Waals surface area contributed by atoms with Crippen LogP contribution in [-0.4, -0.2) is 36.2 Å². The number of carbonyl (C=O) groups excluding carboxylic acids is 1. The Hall–Kier alpha value is -2.53. The Morgan fingerprint density at radius 3 is 3.04 bits per heavy atom. The Morgan fingerprint density at radius 1 is 1.38 bits per heavy atom. The lowest BCUT2D eigenvalue weighted by molar-refractivity contribution is -0.124. The molecule has 1 aliphatic rings. The van der Waals surface area contributed by atoms with Crippen molar-refractivity contribution in [1.29, 1.82) is 0 Å².